The fraction of sp³-hybridized carbons (Fsp3) is 0.316. The Morgan fingerprint density at radius 2 is 1.55 bits per heavy atom. The fourth-order valence-corrected chi connectivity index (χ4v) is 3.73. The number of amides is 1. The third kappa shape index (κ3) is 3.49. The topological polar surface area (TPSA) is 119 Å². The molecule has 0 radical (unpaired) electrons. The van der Waals surface area contributed by atoms with Gasteiger partial charge < -0.3 is 14.5 Å². The Kier molecular flexibility index (Phi) is 4.85. The number of carbonyl (C=O) groups is 1. The lowest BCUT2D eigenvalue weighted by molar-refractivity contribution is -0.385. The van der Waals surface area contributed by atoms with Crippen LogP contribution in [0.4, 0.5) is 22.7 Å². The van der Waals surface area contributed by atoms with E-state index in [0.29, 0.717) is 50.6 Å². The molecule has 0 atom stereocenters. The van der Waals surface area contributed by atoms with E-state index in [2.05, 4.69) is 0 Å². The maximum absolute atomic E-state index is 13.4. The molecular weight excluding hydrogens is 380 g/mol. The third-order valence-corrected chi connectivity index (χ3v) is 5.19. The summed E-state index contributed by atoms with van der Waals surface area (Å²) in [6, 6.07) is 8.69. The highest BCUT2D eigenvalue weighted by Crippen LogP contribution is 2.35. The summed E-state index contributed by atoms with van der Waals surface area (Å²) in [5.41, 5.74) is 1.84. The number of rotatable bonds is 4. The van der Waals surface area contributed by atoms with Gasteiger partial charge in [0.15, 0.2) is 0 Å². The molecular formula is C19H18N4O6. The van der Waals surface area contributed by atoms with Crippen molar-refractivity contribution in [1.82, 2.24) is 0 Å². The molecule has 0 saturated carbocycles. The van der Waals surface area contributed by atoms with Crippen molar-refractivity contribution in [1.29, 1.82) is 0 Å². The predicted molar refractivity (Wildman–Crippen MR) is 105 cm³/mol. The molecule has 2 heterocycles. The number of nitro groups is 2. The summed E-state index contributed by atoms with van der Waals surface area (Å²) in [4.78, 5) is 38.2. The average molecular weight is 398 g/mol. The molecule has 2 aromatic carbocycles. The predicted octanol–water partition coefficient (Wildman–Crippen LogP) is 2.54. The first-order valence-electron chi connectivity index (χ1n) is 9.16. The Hall–Kier alpha value is -3.53. The quantitative estimate of drug-likeness (QED) is 0.573. The van der Waals surface area contributed by atoms with E-state index in [1.54, 1.807) is 12.1 Å². The van der Waals surface area contributed by atoms with E-state index in [1.807, 2.05) is 4.90 Å². The molecule has 0 N–H and O–H groups in total. The van der Waals surface area contributed by atoms with E-state index in [-0.39, 0.29) is 16.9 Å². The van der Waals surface area contributed by atoms with Crippen LogP contribution in [0.3, 0.4) is 0 Å². The van der Waals surface area contributed by atoms with Crippen LogP contribution >= 0.6 is 0 Å². The van der Waals surface area contributed by atoms with E-state index < -0.39 is 15.8 Å². The number of hydrogen-bond acceptors (Lipinski definition) is 7. The molecule has 2 aliphatic heterocycles. The molecule has 0 unspecified atom stereocenters. The minimum atomic E-state index is -0.539. The van der Waals surface area contributed by atoms with Gasteiger partial charge >= 0.3 is 0 Å². The zero-order chi connectivity index (χ0) is 20.5. The van der Waals surface area contributed by atoms with Crippen LogP contribution in [0.1, 0.15) is 15.9 Å². The van der Waals surface area contributed by atoms with Gasteiger partial charge in [-0.15, -0.1) is 0 Å². The molecule has 4 rings (SSSR count). The summed E-state index contributed by atoms with van der Waals surface area (Å²) < 4.78 is 5.36. The van der Waals surface area contributed by atoms with Crippen LogP contribution in [0.5, 0.6) is 0 Å². The average Bonchev–Trinajstić information content (AvgIpc) is 3.16. The minimum absolute atomic E-state index is 0.101. The van der Waals surface area contributed by atoms with Crippen molar-refractivity contribution in [3.8, 4) is 0 Å². The highest BCUT2D eigenvalue weighted by Gasteiger charge is 2.31. The van der Waals surface area contributed by atoms with Crippen LogP contribution in [-0.4, -0.2) is 48.6 Å². The number of anilines is 2. The van der Waals surface area contributed by atoms with Gasteiger partial charge in [0.2, 0.25) is 0 Å². The van der Waals surface area contributed by atoms with Crippen molar-refractivity contribution in [3.63, 3.8) is 0 Å². The van der Waals surface area contributed by atoms with E-state index in [0.717, 1.165) is 5.56 Å². The van der Waals surface area contributed by atoms with Crippen LogP contribution in [0, 0.1) is 20.2 Å². The second-order valence-electron chi connectivity index (χ2n) is 6.83. The first-order valence-corrected chi connectivity index (χ1v) is 9.16. The van der Waals surface area contributed by atoms with Gasteiger partial charge in [0.05, 0.1) is 40.0 Å². The normalized spacial score (nSPS) is 15.9. The van der Waals surface area contributed by atoms with E-state index in [4.69, 9.17) is 4.74 Å². The summed E-state index contributed by atoms with van der Waals surface area (Å²) in [5.74, 6) is -0.408. The zero-order valence-electron chi connectivity index (χ0n) is 15.4. The molecule has 1 saturated heterocycles. The smallest absolute Gasteiger partial charge is 0.271 e. The summed E-state index contributed by atoms with van der Waals surface area (Å²) >= 11 is 0. The van der Waals surface area contributed by atoms with Gasteiger partial charge in [0.25, 0.3) is 17.3 Å². The Labute approximate surface area is 165 Å². The van der Waals surface area contributed by atoms with Crippen LogP contribution in [0.15, 0.2) is 36.4 Å². The molecule has 29 heavy (non-hydrogen) atoms. The van der Waals surface area contributed by atoms with Crippen molar-refractivity contribution in [2.24, 2.45) is 0 Å². The number of ether oxygens (including phenoxy) is 1. The molecule has 150 valence electrons. The SMILES string of the molecule is O=C(c1cc([N+](=O)[O-])ccc1N1CCOCC1)N1CCc2ccc([N+](=O)[O-])cc21. The van der Waals surface area contributed by atoms with Crippen LogP contribution in [-0.2, 0) is 11.2 Å². The van der Waals surface area contributed by atoms with E-state index in [9.17, 15) is 25.0 Å². The summed E-state index contributed by atoms with van der Waals surface area (Å²) in [5, 5.41) is 22.4. The van der Waals surface area contributed by atoms with Gasteiger partial charge in [0, 0.05) is 43.9 Å². The van der Waals surface area contributed by atoms with Gasteiger partial charge in [-0.05, 0) is 18.1 Å². The van der Waals surface area contributed by atoms with Gasteiger partial charge in [-0.3, -0.25) is 25.0 Å². The molecule has 0 aromatic heterocycles. The van der Waals surface area contributed by atoms with Crippen molar-refractivity contribution < 1.29 is 19.4 Å². The molecule has 10 heteroatoms. The fourth-order valence-electron chi connectivity index (χ4n) is 3.73. The standard InChI is InChI=1S/C19H18N4O6/c24-19(21-6-5-13-1-2-15(23(27)28)12-18(13)21)16-11-14(22(25)26)3-4-17(16)20-7-9-29-10-8-20/h1-4,11-12H,5-10H2. The minimum Gasteiger partial charge on any atom is -0.378 e. The van der Waals surface area contributed by atoms with Crippen molar-refractivity contribution in [3.05, 3.63) is 67.8 Å². The number of fused-ring (bicyclic) bond motifs is 1. The third-order valence-electron chi connectivity index (χ3n) is 5.19. The summed E-state index contributed by atoms with van der Waals surface area (Å²) in [6.07, 6.45) is 0.570. The first-order chi connectivity index (χ1) is 14.0. The largest absolute Gasteiger partial charge is 0.378 e. The lowest BCUT2D eigenvalue weighted by atomic mass is 10.1. The van der Waals surface area contributed by atoms with Crippen LogP contribution < -0.4 is 9.80 Å². The summed E-state index contributed by atoms with van der Waals surface area (Å²) in [6.45, 7) is 2.51. The van der Waals surface area contributed by atoms with Crippen molar-refractivity contribution in [2.75, 3.05) is 42.6 Å². The van der Waals surface area contributed by atoms with Gasteiger partial charge in [-0.2, -0.15) is 0 Å². The molecule has 2 aliphatic rings. The number of morpholine rings is 1. The highest BCUT2D eigenvalue weighted by molar-refractivity contribution is 6.11. The first kappa shape index (κ1) is 18.8. The highest BCUT2D eigenvalue weighted by atomic mass is 16.6. The monoisotopic (exact) mass is 398 g/mol. The van der Waals surface area contributed by atoms with Gasteiger partial charge in [0.1, 0.15) is 0 Å². The summed E-state index contributed by atoms with van der Waals surface area (Å²) in [7, 11) is 0. The molecule has 0 bridgehead atoms. The molecule has 0 aliphatic carbocycles. The lowest BCUT2D eigenvalue weighted by Crippen LogP contribution is -2.38. The maximum Gasteiger partial charge on any atom is 0.271 e. The van der Waals surface area contributed by atoms with Crippen LogP contribution in [0.25, 0.3) is 0 Å². The van der Waals surface area contributed by atoms with Crippen molar-refractivity contribution in [2.45, 2.75) is 6.42 Å². The zero-order valence-corrected chi connectivity index (χ0v) is 15.4. The maximum atomic E-state index is 13.4. The van der Waals surface area contributed by atoms with E-state index >= 15 is 0 Å². The molecule has 10 nitrogen and oxygen atoms in total. The van der Waals surface area contributed by atoms with Crippen LogP contribution in [0.2, 0.25) is 0 Å². The van der Waals surface area contributed by atoms with Gasteiger partial charge in [-0.25, -0.2) is 0 Å². The van der Waals surface area contributed by atoms with Gasteiger partial charge in [-0.1, -0.05) is 6.07 Å². The number of nitrogens with zero attached hydrogens (tertiary/aromatic N) is 4. The molecule has 1 amide bonds. The molecule has 0 spiro atoms. The second kappa shape index (κ2) is 7.47. The lowest BCUT2D eigenvalue weighted by Gasteiger charge is -2.31. The Morgan fingerprint density at radius 1 is 0.897 bits per heavy atom. The Morgan fingerprint density at radius 3 is 2.24 bits per heavy atom. The number of hydrogen-bond donors (Lipinski definition) is 0. The number of benzene rings is 2. The Balaban J connectivity index is 1.75. The number of non-ortho nitro benzene ring substituents is 2. The number of carbonyl (C=O) groups excluding carboxylic acids is 1. The molecule has 2 aromatic rings. The second-order valence-corrected chi connectivity index (χ2v) is 6.83. The van der Waals surface area contributed by atoms with Crippen molar-refractivity contribution >= 4 is 28.7 Å². The Bertz CT molecular complexity index is 1000. The van der Waals surface area contributed by atoms with E-state index in [1.165, 1.54) is 29.2 Å². The number of nitro benzene ring substituents is 2. The molecule has 1 fully saturated rings.